The van der Waals surface area contributed by atoms with Crippen molar-refractivity contribution >= 4 is 29.4 Å². The molecule has 0 saturated heterocycles. The van der Waals surface area contributed by atoms with Gasteiger partial charge in [0, 0.05) is 17.5 Å². The number of halogens is 1. The number of ether oxygens (including phenoxy) is 1. The molecule has 1 aliphatic heterocycles. The van der Waals surface area contributed by atoms with Crippen LogP contribution in [0, 0.1) is 0 Å². The van der Waals surface area contributed by atoms with Crippen LogP contribution in [0.5, 0.6) is 5.75 Å². The van der Waals surface area contributed by atoms with E-state index in [9.17, 15) is 4.79 Å². The van der Waals surface area contributed by atoms with Crippen LogP contribution in [0.15, 0.2) is 48.5 Å². The summed E-state index contributed by atoms with van der Waals surface area (Å²) < 4.78 is 7.37. The Morgan fingerprint density at radius 3 is 2.71 bits per heavy atom. The zero-order valence-corrected chi connectivity index (χ0v) is 16.3. The van der Waals surface area contributed by atoms with Gasteiger partial charge in [-0.15, -0.1) is 5.10 Å². The fourth-order valence-corrected chi connectivity index (χ4v) is 3.63. The molecule has 1 aliphatic rings. The number of nitrogens with zero attached hydrogens (tertiary/aromatic N) is 3. The lowest BCUT2D eigenvalue weighted by Crippen LogP contribution is -2.28. The van der Waals surface area contributed by atoms with Crippen LogP contribution in [0.3, 0.4) is 0 Å². The summed E-state index contributed by atoms with van der Waals surface area (Å²) in [5.41, 5.74) is 2.10. The van der Waals surface area contributed by atoms with Gasteiger partial charge in [-0.2, -0.15) is 4.98 Å². The van der Waals surface area contributed by atoms with Crippen molar-refractivity contribution in [2.45, 2.75) is 25.4 Å². The number of hydrogen-bond donors (Lipinski definition) is 2. The minimum absolute atomic E-state index is 0.00839. The number of hydrogen-bond acceptors (Lipinski definition) is 5. The number of amides is 1. The van der Waals surface area contributed by atoms with Crippen molar-refractivity contribution in [3.8, 4) is 5.75 Å². The Labute approximate surface area is 167 Å². The molecule has 3 aromatic rings. The maximum Gasteiger partial charge on any atom is 0.250 e. The molecule has 0 saturated carbocycles. The highest BCUT2D eigenvalue weighted by Gasteiger charge is 2.32. The number of anilines is 2. The minimum atomic E-state index is -0.217. The summed E-state index contributed by atoms with van der Waals surface area (Å²) in [6.07, 6.45) is 0.734. The van der Waals surface area contributed by atoms with Crippen LogP contribution in [-0.4, -0.2) is 27.8 Å². The van der Waals surface area contributed by atoms with Gasteiger partial charge >= 0.3 is 0 Å². The van der Waals surface area contributed by atoms with E-state index in [1.165, 1.54) is 6.92 Å². The summed E-state index contributed by atoms with van der Waals surface area (Å²) in [4.78, 5) is 15.9. The second kappa shape index (κ2) is 7.52. The number of benzene rings is 2. The van der Waals surface area contributed by atoms with E-state index in [0.29, 0.717) is 11.0 Å². The van der Waals surface area contributed by atoms with Crippen LogP contribution in [0.1, 0.15) is 36.6 Å². The molecule has 0 spiro atoms. The summed E-state index contributed by atoms with van der Waals surface area (Å²) in [5, 5.41) is 11.3. The quantitative estimate of drug-likeness (QED) is 0.694. The summed E-state index contributed by atoms with van der Waals surface area (Å²) in [7, 11) is 1.65. The van der Waals surface area contributed by atoms with E-state index in [2.05, 4.69) is 20.7 Å². The van der Waals surface area contributed by atoms with E-state index >= 15 is 0 Å². The van der Waals surface area contributed by atoms with Crippen molar-refractivity contribution in [3.05, 3.63) is 64.7 Å². The van der Waals surface area contributed by atoms with Crippen molar-refractivity contribution in [2.75, 3.05) is 17.7 Å². The van der Waals surface area contributed by atoms with Gasteiger partial charge in [0.05, 0.1) is 19.2 Å². The van der Waals surface area contributed by atoms with E-state index in [1.54, 1.807) is 11.8 Å². The number of aromatic nitrogens is 3. The first-order valence-corrected chi connectivity index (χ1v) is 9.32. The molecule has 28 heavy (non-hydrogen) atoms. The van der Waals surface area contributed by atoms with E-state index < -0.39 is 0 Å². The van der Waals surface area contributed by atoms with Gasteiger partial charge in [-0.1, -0.05) is 41.9 Å². The lowest BCUT2D eigenvalue weighted by molar-refractivity contribution is -0.114. The smallest absolute Gasteiger partial charge is 0.250 e. The first kappa shape index (κ1) is 18.3. The van der Waals surface area contributed by atoms with Crippen LogP contribution in [0.25, 0.3) is 0 Å². The molecule has 2 heterocycles. The molecule has 0 aliphatic carbocycles. The van der Waals surface area contributed by atoms with E-state index in [-0.39, 0.29) is 23.9 Å². The van der Waals surface area contributed by atoms with Crippen molar-refractivity contribution in [3.63, 3.8) is 0 Å². The first-order chi connectivity index (χ1) is 13.5. The third-order valence-corrected chi connectivity index (χ3v) is 5.00. The van der Waals surface area contributed by atoms with Crippen LogP contribution >= 0.6 is 11.6 Å². The summed E-state index contributed by atoms with van der Waals surface area (Å²) >= 11 is 6.04. The van der Waals surface area contributed by atoms with Gasteiger partial charge in [-0.25, -0.2) is 4.68 Å². The molecule has 1 amide bonds. The van der Waals surface area contributed by atoms with Gasteiger partial charge in [0.1, 0.15) is 5.75 Å². The van der Waals surface area contributed by atoms with E-state index in [1.807, 2.05) is 48.5 Å². The van der Waals surface area contributed by atoms with E-state index in [0.717, 1.165) is 23.3 Å². The maximum atomic E-state index is 11.4. The Morgan fingerprint density at radius 2 is 2.00 bits per heavy atom. The van der Waals surface area contributed by atoms with Crippen LogP contribution < -0.4 is 15.4 Å². The van der Waals surface area contributed by atoms with E-state index in [4.69, 9.17) is 16.3 Å². The Hall–Kier alpha value is -3.06. The molecular formula is C20H20ClN5O2. The Balaban J connectivity index is 1.78. The molecule has 8 heteroatoms. The molecule has 2 aromatic carbocycles. The van der Waals surface area contributed by atoms with Crippen LogP contribution in [0.2, 0.25) is 5.02 Å². The third-order valence-electron chi connectivity index (χ3n) is 4.75. The van der Waals surface area contributed by atoms with Gasteiger partial charge in [0.2, 0.25) is 11.9 Å². The number of carbonyl (C=O) groups excluding carboxylic acids is 1. The standard InChI is InChI=1S/C20H20ClN5O2/c1-12(27)22-19-24-20-23-16(13-7-9-14(21)10-8-13)11-17(26(20)25-19)15-5-3-4-6-18(15)28-2/h3-10,16-17H,11H2,1-2H3,(H2,22,23,24,25,27)/t16-,17-/m0/s1. The molecule has 4 rings (SSSR count). The Kier molecular flexibility index (Phi) is 4.92. The monoisotopic (exact) mass is 397 g/mol. The van der Waals surface area contributed by atoms with Crippen molar-refractivity contribution in [1.29, 1.82) is 0 Å². The summed E-state index contributed by atoms with van der Waals surface area (Å²) in [6.45, 7) is 1.43. The number of nitrogens with one attached hydrogen (secondary N) is 2. The normalized spacial score (nSPS) is 18.1. The lowest BCUT2D eigenvalue weighted by Gasteiger charge is -2.32. The minimum Gasteiger partial charge on any atom is -0.496 e. The van der Waals surface area contributed by atoms with Crippen LogP contribution in [0.4, 0.5) is 11.9 Å². The molecule has 0 fully saturated rings. The summed E-state index contributed by atoms with van der Waals surface area (Å²) in [6, 6.07) is 15.5. The number of carbonyl (C=O) groups is 1. The van der Waals surface area contributed by atoms with Gasteiger partial charge < -0.3 is 10.1 Å². The van der Waals surface area contributed by atoms with Crippen molar-refractivity contribution in [1.82, 2.24) is 14.8 Å². The van der Waals surface area contributed by atoms with Gasteiger partial charge in [0.25, 0.3) is 5.95 Å². The molecule has 7 nitrogen and oxygen atoms in total. The number of rotatable bonds is 4. The average Bonchev–Trinajstić information content (AvgIpc) is 3.09. The first-order valence-electron chi connectivity index (χ1n) is 8.94. The average molecular weight is 398 g/mol. The molecule has 0 radical (unpaired) electrons. The molecule has 0 bridgehead atoms. The highest BCUT2D eigenvalue weighted by Crippen LogP contribution is 2.41. The molecule has 2 N–H and O–H groups in total. The number of fused-ring (bicyclic) bond motifs is 1. The Morgan fingerprint density at radius 1 is 1.25 bits per heavy atom. The lowest BCUT2D eigenvalue weighted by atomic mass is 9.93. The van der Waals surface area contributed by atoms with Crippen molar-refractivity contribution < 1.29 is 9.53 Å². The SMILES string of the molecule is COc1ccccc1[C@@H]1C[C@@H](c2ccc(Cl)cc2)Nc2nc(NC(C)=O)nn21. The van der Waals surface area contributed by atoms with Gasteiger partial charge in [-0.05, 0) is 30.2 Å². The predicted octanol–water partition coefficient (Wildman–Crippen LogP) is 4.04. The molecule has 144 valence electrons. The zero-order valence-electron chi connectivity index (χ0n) is 15.5. The topological polar surface area (TPSA) is 81.1 Å². The number of para-hydroxylation sites is 1. The third kappa shape index (κ3) is 3.53. The largest absolute Gasteiger partial charge is 0.496 e. The molecule has 2 atom stereocenters. The highest BCUT2D eigenvalue weighted by atomic mass is 35.5. The van der Waals surface area contributed by atoms with Crippen LogP contribution in [-0.2, 0) is 4.79 Å². The fourth-order valence-electron chi connectivity index (χ4n) is 3.50. The second-order valence-corrected chi connectivity index (χ2v) is 7.06. The Bertz CT molecular complexity index is 1000. The second-order valence-electron chi connectivity index (χ2n) is 6.63. The molecule has 0 unspecified atom stereocenters. The number of methoxy groups -OCH3 is 1. The fraction of sp³-hybridized carbons (Fsp3) is 0.250. The van der Waals surface area contributed by atoms with Crippen molar-refractivity contribution in [2.24, 2.45) is 0 Å². The van der Waals surface area contributed by atoms with Gasteiger partial charge in [0.15, 0.2) is 0 Å². The zero-order chi connectivity index (χ0) is 19.7. The molecular weight excluding hydrogens is 378 g/mol. The van der Waals surface area contributed by atoms with Gasteiger partial charge in [-0.3, -0.25) is 10.1 Å². The molecule has 1 aromatic heterocycles. The summed E-state index contributed by atoms with van der Waals surface area (Å²) in [5.74, 6) is 1.43. The predicted molar refractivity (Wildman–Crippen MR) is 108 cm³/mol. The maximum absolute atomic E-state index is 11.4. The highest BCUT2D eigenvalue weighted by molar-refractivity contribution is 6.30.